The van der Waals surface area contributed by atoms with Crippen molar-refractivity contribution in [2.75, 3.05) is 11.9 Å². The van der Waals surface area contributed by atoms with Gasteiger partial charge in [-0.15, -0.1) is 0 Å². The predicted molar refractivity (Wildman–Crippen MR) is 109 cm³/mol. The van der Waals surface area contributed by atoms with E-state index in [4.69, 9.17) is 4.74 Å². The fourth-order valence-corrected chi connectivity index (χ4v) is 3.99. The van der Waals surface area contributed by atoms with Gasteiger partial charge in [-0.25, -0.2) is 9.48 Å². The van der Waals surface area contributed by atoms with E-state index in [1.165, 1.54) is 0 Å². The van der Waals surface area contributed by atoms with Crippen molar-refractivity contribution in [3.05, 3.63) is 74.9 Å². The van der Waals surface area contributed by atoms with Crippen LogP contribution in [0.3, 0.4) is 0 Å². The number of halogens is 2. The van der Waals surface area contributed by atoms with Gasteiger partial charge in [0.25, 0.3) is 5.91 Å². The van der Waals surface area contributed by atoms with Crippen LogP contribution in [0.15, 0.2) is 63.8 Å². The maximum atomic E-state index is 12.1. The lowest BCUT2D eigenvalue weighted by molar-refractivity contribution is -0.119. The first-order chi connectivity index (χ1) is 12.9. The van der Waals surface area contributed by atoms with E-state index in [-0.39, 0.29) is 6.61 Å². The Kier molecular flexibility index (Phi) is 6.08. The van der Waals surface area contributed by atoms with Gasteiger partial charge in [0.1, 0.15) is 0 Å². The summed E-state index contributed by atoms with van der Waals surface area (Å²) < 4.78 is 8.25. The summed E-state index contributed by atoms with van der Waals surface area (Å²) in [5.41, 5.74) is 2.81. The first-order valence-electron chi connectivity index (χ1n) is 7.97. The molecule has 138 valence electrons. The Hall–Kier alpha value is -2.45. The summed E-state index contributed by atoms with van der Waals surface area (Å²) in [5, 5.41) is 6.84. The summed E-state index contributed by atoms with van der Waals surface area (Å²) in [6.07, 6.45) is 3.48. The van der Waals surface area contributed by atoms with Crippen molar-refractivity contribution in [2.45, 2.75) is 6.92 Å². The molecule has 0 saturated carbocycles. The second-order valence-electron chi connectivity index (χ2n) is 5.73. The molecule has 1 aromatic heterocycles. The SMILES string of the molecule is Cc1cc(Br)c(NC(=O)COC(=O)c2ccc(-n3cccn3)cc2)c(Br)c1. The number of hydrogen-bond donors (Lipinski definition) is 1. The lowest BCUT2D eigenvalue weighted by Crippen LogP contribution is -2.21. The zero-order chi connectivity index (χ0) is 19.4. The highest BCUT2D eigenvalue weighted by molar-refractivity contribution is 9.11. The Morgan fingerprint density at radius 3 is 2.41 bits per heavy atom. The number of aryl methyl sites for hydroxylation is 1. The molecule has 6 nitrogen and oxygen atoms in total. The zero-order valence-electron chi connectivity index (χ0n) is 14.3. The minimum atomic E-state index is -0.570. The summed E-state index contributed by atoms with van der Waals surface area (Å²) in [6, 6.07) is 12.3. The topological polar surface area (TPSA) is 73.2 Å². The molecule has 8 heteroatoms. The van der Waals surface area contributed by atoms with Crippen molar-refractivity contribution >= 4 is 49.4 Å². The van der Waals surface area contributed by atoms with Crippen LogP contribution in [-0.4, -0.2) is 28.3 Å². The lowest BCUT2D eigenvalue weighted by atomic mass is 10.2. The number of carbonyl (C=O) groups is 2. The number of aromatic nitrogens is 2. The van der Waals surface area contributed by atoms with Crippen LogP contribution in [0.4, 0.5) is 5.69 Å². The van der Waals surface area contributed by atoms with Gasteiger partial charge in [0.2, 0.25) is 0 Å². The summed E-state index contributed by atoms with van der Waals surface area (Å²) in [7, 11) is 0. The molecule has 0 bridgehead atoms. The van der Waals surface area contributed by atoms with Gasteiger partial charge >= 0.3 is 5.97 Å². The van der Waals surface area contributed by atoms with Crippen LogP contribution in [0.2, 0.25) is 0 Å². The standard InChI is InChI=1S/C19H15Br2N3O3/c1-12-9-15(20)18(16(21)10-12)23-17(25)11-27-19(26)13-3-5-14(6-4-13)24-8-2-7-22-24/h2-10H,11H2,1H3,(H,23,25). The first-order valence-corrected chi connectivity index (χ1v) is 9.55. The molecule has 3 aromatic rings. The van der Waals surface area contributed by atoms with Crippen molar-refractivity contribution in [1.82, 2.24) is 9.78 Å². The molecular weight excluding hydrogens is 478 g/mol. The van der Waals surface area contributed by atoms with Crippen molar-refractivity contribution in [2.24, 2.45) is 0 Å². The number of ether oxygens (including phenoxy) is 1. The molecule has 0 fully saturated rings. The van der Waals surface area contributed by atoms with Crippen molar-refractivity contribution in [1.29, 1.82) is 0 Å². The van der Waals surface area contributed by atoms with Gasteiger partial charge < -0.3 is 10.1 Å². The number of esters is 1. The normalized spacial score (nSPS) is 10.5. The number of nitrogens with zero attached hydrogens (tertiary/aromatic N) is 2. The Morgan fingerprint density at radius 2 is 1.81 bits per heavy atom. The summed E-state index contributed by atoms with van der Waals surface area (Å²) in [5.74, 6) is -0.999. The molecule has 0 radical (unpaired) electrons. The fraction of sp³-hybridized carbons (Fsp3) is 0.105. The molecule has 0 unspecified atom stereocenters. The maximum absolute atomic E-state index is 12.1. The molecule has 0 aliphatic rings. The van der Waals surface area contributed by atoms with Gasteiger partial charge in [-0.1, -0.05) is 0 Å². The second-order valence-corrected chi connectivity index (χ2v) is 7.43. The average Bonchev–Trinajstić information content (AvgIpc) is 3.17. The van der Waals surface area contributed by atoms with Crippen LogP contribution in [0, 0.1) is 6.92 Å². The predicted octanol–water partition coefficient (Wildman–Crippen LogP) is 4.50. The number of anilines is 1. The molecule has 3 rings (SSSR count). The number of nitrogens with one attached hydrogen (secondary N) is 1. The summed E-state index contributed by atoms with van der Waals surface area (Å²) >= 11 is 6.81. The van der Waals surface area contributed by atoms with E-state index >= 15 is 0 Å². The molecule has 27 heavy (non-hydrogen) atoms. The number of benzene rings is 2. The monoisotopic (exact) mass is 491 g/mol. The zero-order valence-corrected chi connectivity index (χ0v) is 17.5. The van der Waals surface area contributed by atoms with Crippen LogP contribution in [0.5, 0.6) is 0 Å². The van der Waals surface area contributed by atoms with Crippen molar-refractivity contribution in [3.8, 4) is 5.69 Å². The first kappa shape index (κ1) is 19.3. The van der Waals surface area contributed by atoms with Gasteiger partial charge in [0, 0.05) is 21.3 Å². The Balaban J connectivity index is 1.58. The van der Waals surface area contributed by atoms with Crippen molar-refractivity contribution in [3.63, 3.8) is 0 Å². The number of hydrogen-bond acceptors (Lipinski definition) is 4. The van der Waals surface area contributed by atoms with Crippen molar-refractivity contribution < 1.29 is 14.3 Å². The van der Waals surface area contributed by atoms with Crippen LogP contribution >= 0.6 is 31.9 Å². The van der Waals surface area contributed by atoms with E-state index in [2.05, 4.69) is 42.3 Å². The van der Waals surface area contributed by atoms with E-state index in [0.717, 1.165) is 20.2 Å². The van der Waals surface area contributed by atoms with Crippen LogP contribution in [0.1, 0.15) is 15.9 Å². The molecule has 0 aliphatic heterocycles. The molecule has 0 atom stereocenters. The molecule has 0 saturated heterocycles. The highest BCUT2D eigenvalue weighted by Crippen LogP contribution is 2.32. The number of carbonyl (C=O) groups excluding carboxylic acids is 2. The third-order valence-electron chi connectivity index (χ3n) is 3.66. The van der Waals surface area contributed by atoms with E-state index in [1.807, 2.05) is 25.1 Å². The smallest absolute Gasteiger partial charge is 0.338 e. The molecule has 0 aliphatic carbocycles. The van der Waals surface area contributed by atoms with E-state index < -0.39 is 11.9 Å². The van der Waals surface area contributed by atoms with E-state index in [0.29, 0.717) is 11.3 Å². The Bertz CT molecular complexity index is 947. The lowest BCUT2D eigenvalue weighted by Gasteiger charge is -2.11. The van der Waals surface area contributed by atoms with E-state index in [9.17, 15) is 9.59 Å². The third kappa shape index (κ3) is 4.84. The Labute approximate surface area is 172 Å². The minimum absolute atomic E-state index is 0.358. The molecule has 0 spiro atoms. The molecule has 1 amide bonds. The van der Waals surface area contributed by atoms with Gasteiger partial charge in [0.05, 0.1) is 16.9 Å². The average molecular weight is 493 g/mol. The maximum Gasteiger partial charge on any atom is 0.338 e. The number of rotatable bonds is 5. The molecule has 2 aromatic carbocycles. The molecular formula is C19H15Br2N3O3. The van der Waals surface area contributed by atoms with E-state index in [1.54, 1.807) is 41.3 Å². The third-order valence-corrected chi connectivity index (χ3v) is 4.91. The quantitative estimate of drug-likeness (QED) is 0.532. The fourth-order valence-electron chi connectivity index (χ4n) is 2.38. The van der Waals surface area contributed by atoms with Crippen LogP contribution in [0.25, 0.3) is 5.69 Å². The molecule has 1 N–H and O–H groups in total. The Morgan fingerprint density at radius 1 is 1.15 bits per heavy atom. The second kappa shape index (κ2) is 8.49. The molecule has 1 heterocycles. The van der Waals surface area contributed by atoms with Gasteiger partial charge in [0.15, 0.2) is 6.61 Å². The largest absolute Gasteiger partial charge is 0.452 e. The van der Waals surface area contributed by atoms with Gasteiger partial charge in [-0.3, -0.25) is 4.79 Å². The summed E-state index contributed by atoms with van der Waals surface area (Å²) in [6.45, 7) is 1.56. The highest BCUT2D eigenvalue weighted by Gasteiger charge is 2.13. The van der Waals surface area contributed by atoms with Gasteiger partial charge in [-0.05, 0) is 86.8 Å². The van der Waals surface area contributed by atoms with Crippen LogP contribution < -0.4 is 5.32 Å². The minimum Gasteiger partial charge on any atom is -0.452 e. The van der Waals surface area contributed by atoms with Crippen LogP contribution in [-0.2, 0) is 9.53 Å². The summed E-state index contributed by atoms with van der Waals surface area (Å²) in [4.78, 5) is 24.2. The number of amides is 1. The highest BCUT2D eigenvalue weighted by atomic mass is 79.9. The van der Waals surface area contributed by atoms with Gasteiger partial charge in [-0.2, -0.15) is 5.10 Å².